The van der Waals surface area contributed by atoms with E-state index < -0.39 is 5.97 Å². The molecule has 0 heterocycles. The van der Waals surface area contributed by atoms with Gasteiger partial charge in [0, 0.05) is 37.7 Å². The smallest absolute Gasteiger partial charge is 0.306 e. The Morgan fingerprint density at radius 1 is 1.20 bits per heavy atom. The van der Waals surface area contributed by atoms with Crippen molar-refractivity contribution in [1.29, 1.82) is 0 Å². The van der Waals surface area contributed by atoms with Crippen LogP contribution in [0.1, 0.15) is 32.1 Å². The molecule has 1 rings (SSSR count). The monoisotopic (exact) mass is 168 g/mol. The van der Waals surface area contributed by atoms with Crippen molar-refractivity contribution in [3.8, 4) is 0 Å². The fourth-order valence-electron chi connectivity index (χ4n) is 1.35. The van der Waals surface area contributed by atoms with E-state index in [9.17, 15) is 4.79 Å². The Labute approximate surface area is 91.0 Å². The van der Waals surface area contributed by atoms with Crippen molar-refractivity contribution >= 4 is 43.7 Å². The maximum absolute atomic E-state index is 10.4. The number of carbonyl (C=O) groups is 1. The topological polar surface area (TPSA) is 37.3 Å². The zero-order chi connectivity index (χ0) is 6.69. The van der Waals surface area contributed by atoms with Crippen molar-refractivity contribution in [1.82, 2.24) is 0 Å². The number of aliphatic carboxylic acids is 1. The summed E-state index contributed by atoms with van der Waals surface area (Å²) in [6.07, 6.45) is 5.24. The third-order valence-electron chi connectivity index (χ3n) is 1.95. The molecule has 3 heteroatoms. The van der Waals surface area contributed by atoms with Crippen LogP contribution < -0.4 is 0 Å². The van der Waals surface area contributed by atoms with E-state index in [1.807, 2.05) is 0 Å². The number of carboxylic acids is 1. The molecule has 0 atom stereocenters. The summed E-state index contributed by atoms with van der Waals surface area (Å²) in [7, 11) is 0. The minimum absolute atomic E-state index is 0. The Hall–Kier alpha value is 0.730. The normalized spacial score (nSPS) is 19.6. The Bertz CT molecular complexity index is 108. The minimum Gasteiger partial charge on any atom is -0.481 e. The molecule has 10 heavy (non-hydrogen) atoms. The molecule has 0 spiro atoms. The molecule has 1 saturated carbocycles. The van der Waals surface area contributed by atoms with Crippen LogP contribution in [-0.2, 0) is 4.79 Å². The number of rotatable bonds is 1. The van der Waals surface area contributed by atoms with E-state index in [1.54, 1.807) is 0 Å². The van der Waals surface area contributed by atoms with Crippen LogP contribution >= 0.6 is 0 Å². The summed E-state index contributed by atoms with van der Waals surface area (Å²) < 4.78 is 0. The van der Waals surface area contributed by atoms with Crippen molar-refractivity contribution in [2.75, 3.05) is 0 Å². The second-order valence-corrected chi connectivity index (χ2v) is 2.67. The molecule has 0 aromatic rings. The molecule has 1 aliphatic carbocycles. The average Bonchev–Trinajstić information content (AvgIpc) is 1.90. The van der Waals surface area contributed by atoms with E-state index in [-0.39, 0.29) is 43.7 Å². The summed E-state index contributed by atoms with van der Waals surface area (Å²) in [5, 5.41) is 8.54. The molecule has 0 aromatic heterocycles. The van der Waals surface area contributed by atoms with Crippen molar-refractivity contribution in [3.63, 3.8) is 0 Å². The molecule has 2 radical (unpaired) electrons. The SMILES string of the molecule is O=C(O)C1CCCCC1.[Ca]. The number of carboxylic acid groups (broad SMARTS) is 1. The van der Waals surface area contributed by atoms with Gasteiger partial charge >= 0.3 is 5.97 Å². The predicted octanol–water partition coefficient (Wildman–Crippen LogP) is 1.27. The fourth-order valence-corrected chi connectivity index (χ4v) is 1.35. The average molecular weight is 168 g/mol. The first-order valence-corrected chi connectivity index (χ1v) is 3.53. The summed E-state index contributed by atoms with van der Waals surface area (Å²) in [5.74, 6) is -0.631. The summed E-state index contributed by atoms with van der Waals surface area (Å²) in [6, 6.07) is 0. The molecule has 2 nitrogen and oxygen atoms in total. The fraction of sp³-hybridized carbons (Fsp3) is 0.857. The van der Waals surface area contributed by atoms with Crippen LogP contribution in [0.5, 0.6) is 0 Å². The minimum atomic E-state index is -0.602. The van der Waals surface area contributed by atoms with Crippen LogP contribution in [0.15, 0.2) is 0 Å². The van der Waals surface area contributed by atoms with Crippen LogP contribution in [-0.4, -0.2) is 48.8 Å². The van der Waals surface area contributed by atoms with E-state index in [2.05, 4.69) is 0 Å². The predicted molar refractivity (Wildman–Crippen MR) is 40.0 cm³/mol. The largest absolute Gasteiger partial charge is 0.481 e. The quantitative estimate of drug-likeness (QED) is 0.599. The van der Waals surface area contributed by atoms with Crippen LogP contribution in [0.2, 0.25) is 0 Å². The van der Waals surface area contributed by atoms with Gasteiger partial charge in [-0.05, 0) is 12.8 Å². The Kier molecular flexibility index (Phi) is 5.78. The Balaban J connectivity index is 0.000000810. The molecule has 0 saturated heterocycles. The molecule has 0 aromatic carbocycles. The van der Waals surface area contributed by atoms with Crippen LogP contribution in [0, 0.1) is 5.92 Å². The van der Waals surface area contributed by atoms with Gasteiger partial charge in [-0.25, -0.2) is 0 Å². The molecule has 0 aliphatic heterocycles. The standard InChI is InChI=1S/C7H12O2.Ca/c8-7(9)6-4-2-1-3-5-6;/h6H,1-5H2,(H,8,9);. The van der Waals surface area contributed by atoms with Gasteiger partial charge in [0.2, 0.25) is 0 Å². The molecule has 1 aliphatic rings. The second kappa shape index (κ2) is 5.39. The van der Waals surface area contributed by atoms with Crippen molar-refractivity contribution in [3.05, 3.63) is 0 Å². The van der Waals surface area contributed by atoms with E-state index in [0.29, 0.717) is 0 Å². The molecule has 0 bridgehead atoms. The molecular weight excluding hydrogens is 156 g/mol. The van der Waals surface area contributed by atoms with Crippen molar-refractivity contribution in [2.24, 2.45) is 5.92 Å². The van der Waals surface area contributed by atoms with Gasteiger partial charge < -0.3 is 5.11 Å². The van der Waals surface area contributed by atoms with Gasteiger partial charge in [0.05, 0.1) is 5.92 Å². The van der Waals surface area contributed by atoms with Crippen LogP contribution in [0.25, 0.3) is 0 Å². The zero-order valence-electron chi connectivity index (χ0n) is 6.18. The first-order chi connectivity index (χ1) is 4.30. The van der Waals surface area contributed by atoms with Crippen LogP contribution in [0.3, 0.4) is 0 Å². The Morgan fingerprint density at radius 3 is 2.00 bits per heavy atom. The maximum Gasteiger partial charge on any atom is 0.306 e. The van der Waals surface area contributed by atoms with E-state index in [4.69, 9.17) is 5.11 Å². The van der Waals surface area contributed by atoms with Gasteiger partial charge in [0.25, 0.3) is 0 Å². The summed E-state index contributed by atoms with van der Waals surface area (Å²) >= 11 is 0. The van der Waals surface area contributed by atoms with Gasteiger partial charge in [-0.1, -0.05) is 19.3 Å². The first-order valence-electron chi connectivity index (χ1n) is 3.53. The first kappa shape index (κ1) is 10.7. The molecule has 1 fully saturated rings. The third-order valence-corrected chi connectivity index (χ3v) is 1.95. The van der Waals surface area contributed by atoms with Crippen molar-refractivity contribution < 1.29 is 9.90 Å². The van der Waals surface area contributed by atoms with Gasteiger partial charge in [0.15, 0.2) is 0 Å². The van der Waals surface area contributed by atoms with Gasteiger partial charge in [0.1, 0.15) is 0 Å². The summed E-state index contributed by atoms with van der Waals surface area (Å²) in [4.78, 5) is 10.4. The van der Waals surface area contributed by atoms with Crippen LogP contribution in [0.4, 0.5) is 0 Å². The zero-order valence-corrected chi connectivity index (χ0v) is 8.38. The van der Waals surface area contributed by atoms with E-state index in [0.717, 1.165) is 25.7 Å². The van der Waals surface area contributed by atoms with E-state index >= 15 is 0 Å². The summed E-state index contributed by atoms with van der Waals surface area (Å²) in [5.41, 5.74) is 0. The van der Waals surface area contributed by atoms with Crippen molar-refractivity contribution in [2.45, 2.75) is 32.1 Å². The molecule has 1 N–H and O–H groups in total. The third kappa shape index (κ3) is 3.22. The molecular formula is C7H12CaO2. The molecule has 0 amide bonds. The van der Waals surface area contributed by atoms with Gasteiger partial charge in [-0.15, -0.1) is 0 Å². The second-order valence-electron chi connectivity index (χ2n) is 2.67. The van der Waals surface area contributed by atoms with E-state index in [1.165, 1.54) is 6.42 Å². The number of hydrogen-bond donors (Lipinski definition) is 1. The van der Waals surface area contributed by atoms with Gasteiger partial charge in [-0.2, -0.15) is 0 Å². The molecule has 54 valence electrons. The Morgan fingerprint density at radius 2 is 1.70 bits per heavy atom. The molecule has 0 unspecified atom stereocenters. The van der Waals surface area contributed by atoms with Gasteiger partial charge in [-0.3, -0.25) is 4.79 Å². The maximum atomic E-state index is 10.4. The summed E-state index contributed by atoms with van der Waals surface area (Å²) in [6.45, 7) is 0. The number of hydrogen-bond acceptors (Lipinski definition) is 1.